The van der Waals surface area contributed by atoms with E-state index in [1.165, 1.54) is 22.7 Å². The van der Waals surface area contributed by atoms with Gasteiger partial charge in [0.25, 0.3) is 0 Å². The molecule has 1 aliphatic rings. The lowest BCUT2D eigenvalue weighted by atomic mass is 9.96. The third kappa shape index (κ3) is 5.91. The van der Waals surface area contributed by atoms with Gasteiger partial charge < -0.3 is 5.32 Å². The van der Waals surface area contributed by atoms with E-state index in [0.29, 0.717) is 11.7 Å². The Hall–Kier alpha value is -1.77. The molecule has 1 aliphatic carbocycles. The average molecular weight is 369 g/mol. The highest BCUT2D eigenvalue weighted by Gasteiger charge is 2.22. The van der Waals surface area contributed by atoms with Gasteiger partial charge >= 0.3 is 11.7 Å². The Balaban J connectivity index is 1.85. The molecule has 1 saturated carbocycles. The Bertz CT molecular complexity index is 636. The Labute approximate surface area is 151 Å². The van der Waals surface area contributed by atoms with Crippen LogP contribution >= 0.6 is 11.8 Å². The van der Waals surface area contributed by atoms with Crippen LogP contribution in [0.1, 0.15) is 58.8 Å². The zero-order valence-corrected chi connectivity index (χ0v) is 15.7. The maximum Gasteiger partial charge on any atom is 0.343 e. The molecule has 1 aromatic heterocycles. The number of aromatic amines is 1. The minimum atomic E-state index is -0.535. The van der Waals surface area contributed by atoms with Crippen molar-refractivity contribution in [2.75, 3.05) is 0 Å². The molecule has 3 N–H and O–H groups in total. The van der Waals surface area contributed by atoms with Crippen LogP contribution in [0.5, 0.6) is 0 Å². The number of imide groups is 1. The first-order chi connectivity index (χ1) is 12.0. The molecular weight excluding hydrogens is 342 g/mol. The Morgan fingerprint density at radius 1 is 1.36 bits per heavy atom. The van der Waals surface area contributed by atoms with Gasteiger partial charge in [0, 0.05) is 12.6 Å². The minimum Gasteiger partial charge on any atom is -0.335 e. The van der Waals surface area contributed by atoms with E-state index in [-0.39, 0.29) is 11.7 Å². The van der Waals surface area contributed by atoms with Crippen LogP contribution in [-0.4, -0.2) is 38.0 Å². The molecule has 0 aromatic carbocycles. The number of amides is 3. The van der Waals surface area contributed by atoms with Crippen LogP contribution in [0.2, 0.25) is 0 Å². The lowest BCUT2D eigenvalue weighted by Gasteiger charge is -2.23. The third-order valence-corrected chi connectivity index (χ3v) is 5.38. The molecule has 0 spiro atoms. The predicted molar refractivity (Wildman–Crippen MR) is 96.6 cm³/mol. The number of hydrogen-bond donors (Lipinski definition) is 3. The fraction of sp³-hybridized carbons (Fsp3) is 0.750. The normalized spacial score (nSPS) is 16.4. The maximum atomic E-state index is 12.2. The highest BCUT2D eigenvalue weighted by molar-refractivity contribution is 8.00. The smallest absolute Gasteiger partial charge is 0.335 e. The van der Waals surface area contributed by atoms with Gasteiger partial charge in [-0.3, -0.25) is 14.7 Å². The highest BCUT2D eigenvalue weighted by atomic mass is 32.2. The summed E-state index contributed by atoms with van der Waals surface area (Å²) in [6, 6.07) is -0.301. The molecule has 1 atom stereocenters. The second-order valence-electron chi connectivity index (χ2n) is 6.37. The van der Waals surface area contributed by atoms with Crippen molar-refractivity contribution in [1.82, 2.24) is 25.4 Å². The summed E-state index contributed by atoms with van der Waals surface area (Å²) in [5, 5.41) is 11.6. The second-order valence-corrected chi connectivity index (χ2v) is 7.68. The fourth-order valence-corrected chi connectivity index (χ4v) is 3.68. The molecule has 25 heavy (non-hydrogen) atoms. The van der Waals surface area contributed by atoms with Gasteiger partial charge in [-0.1, -0.05) is 44.4 Å². The Morgan fingerprint density at radius 3 is 2.76 bits per heavy atom. The van der Waals surface area contributed by atoms with Gasteiger partial charge in [0.15, 0.2) is 5.16 Å². The molecule has 1 fully saturated rings. The van der Waals surface area contributed by atoms with Crippen LogP contribution in [0, 0.1) is 0 Å². The lowest BCUT2D eigenvalue weighted by molar-refractivity contribution is -0.119. The summed E-state index contributed by atoms with van der Waals surface area (Å²) in [6.07, 6.45) is 7.16. The van der Waals surface area contributed by atoms with E-state index < -0.39 is 17.2 Å². The number of carbonyl (C=O) groups excluding carboxylic acids is 2. The summed E-state index contributed by atoms with van der Waals surface area (Å²) in [4.78, 5) is 35.9. The van der Waals surface area contributed by atoms with Crippen LogP contribution in [0.25, 0.3) is 0 Å². The molecule has 2 rings (SSSR count). The van der Waals surface area contributed by atoms with Crippen LogP contribution in [0.3, 0.4) is 0 Å². The van der Waals surface area contributed by atoms with E-state index in [9.17, 15) is 14.4 Å². The van der Waals surface area contributed by atoms with Crippen LogP contribution in [0.15, 0.2) is 9.95 Å². The number of nitrogens with zero attached hydrogens (tertiary/aromatic N) is 2. The topological polar surface area (TPSA) is 109 Å². The van der Waals surface area contributed by atoms with Gasteiger partial charge in [-0.2, -0.15) is 0 Å². The van der Waals surface area contributed by atoms with Gasteiger partial charge in [-0.05, 0) is 26.2 Å². The molecule has 0 aliphatic heterocycles. The Kier molecular flexibility index (Phi) is 7.54. The first-order valence-corrected chi connectivity index (χ1v) is 9.82. The zero-order chi connectivity index (χ0) is 18.2. The monoisotopic (exact) mass is 369 g/mol. The predicted octanol–water partition coefficient (Wildman–Crippen LogP) is 2.01. The number of nitrogens with one attached hydrogen (secondary N) is 3. The molecule has 140 valence electrons. The number of carbonyl (C=O) groups is 2. The van der Waals surface area contributed by atoms with Gasteiger partial charge in [0.05, 0.1) is 5.25 Å². The highest BCUT2D eigenvalue weighted by Crippen LogP contribution is 2.20. The first-order valence-electron chi connectivity index (χ1n) is 8.94. The molecule has 3 amide bonds. The van der Waals surface area contributed by atoms with E-state index in [1.807, 2.05) is 6.92 Å². The van der Waals surface area contributed by atoms with Crippen molar-refractivity contribution in [3.05, 3.63) is 10.5 Å². The number of H-pyrrole nitrogens is 1. The summed E-state index contributed by atoms with van der Waals surface area (Å²) in [6.45, 7) is 4.29. The summed E-state index contributed by atoms with van der Waals surface area (Å²) in [5.74, 6) is -0.393. The van der Waals surface area contributed by atoms with Gasteiger partial charge in [0.1, 0.15) is 0 Å². The van der Waals surface area contributed by atoms with Gasteiger partial charge in [-0.25, -0.2) is 14.7 Å². The standard InChI is InChI=1S/C16H27N5O3S/c1-3-4-10-21-15(24)19-20-16(21)25-11(2)13(22)18-14(23)17-12-8-6-5-7-9-12/h11-12H,3-10H2,1-2H3,(H,19,24)(H2,17,18,22,23). The number of thioether (sulfide) groups is 1. The molecule has 1 aromatic rings. The number of aromatic nitrogens is 3. The van der Waals surface area contributed by atoms with Crippen molar-refractivity contribution in [3.8, 4) is 0 Å². The summed E-state index contributed by atoms with van der Waals surface area (Å²) < 4.78 is 1.53. The largest absolute Gasteiger partial charge is 0.343 e. The zero-order valence-electron chi connectivity index (χ0n) is 14.8. The van der Waals surface area contributed by atoms with E-state index in [1.54, 1.807) is 6.92 Å². The van der Waals surface area contributed by atoms with Crippen molar-refractivity contribution in [2.24, 2.45) is 0 Å². The van der Waals surface area contributed by atoms with E-state index >= 15 is 0 Å². The lowest BCUT2D eigenvalue weighted by Crippen LogP contribution is -2.47. The van der Waals surface area contributed by atoms with Crippen LogP contribution in [-0.2, 0) is 11.3 Å². The summed E-state index contributed by atoms with van der Waals surface area (Å²) >= 11 is 1.17. The van der Waals surface area contributed by atoms with Gasteiger partial charge in [0.2, 0.25) is 5.91 Å². The minimum absolute atomic E-state index is 0.148. The first kappa shape index (κ1) is 19.6. The van der Waals surface area contributed by atoms with Crippen molar-refractivity contribution in [2.45, 2.75) is 81.8 Å². The fourth-order valence-electron chi connectivity index (χ4n) is 2.80. The molecular formula is C16H27N5O3S. The molecule has 1 unspecified atom stereocenters. The van der Waals surface area contributed by atoms with E-state index in [4.69, 9.17) is 0 Å². The number of urea groups is 1. The van der Waals surface area contributed by atoms with Gasteiger partial charge in [-0.15, -0.1) is 5.10 Å². The quantitative estimate of drug-likeness (QED) is 0.637. The molecule has 0 saturated heterocycles. The SMILES string of the molecule is CCCCn1c(SC(C)C(=O)NC(=O)NC2CCCCC2)n[nH]c1=O. The number of rotatable bonds is 7. The molecule has 0 radical (unpaired) electrons. The van der Waals surface area contributed by atoms with Crippen molar-refractivity contribution >= 4 is 23.7 Å². The number of hydrogen-bond acceptors (Lipinski definition) is 5. The Morgan fingerprint density at radius 2 is 2.08 bits per heavy atom. The van der Waals surface area contributed by atoms with Crippen LogP contribution < -0.4 is 16.3 Å². The third-order valence-electron chi connectivity index (χ3n) is 4.29. The summed E-state index contributed by atoms with van der Waals surface area (Å²) in [7, 11) is 0. The number of unbranched alkanes of at least 4 members (excludes halogenated alkanes) is 1. The molecule has 9 heteroatoms. The van der Waals surface area contributed by atoms with Crippen LogP contribution in [0.4, 0.5) is 4.79 Å². The van der Waals surface area contributed by atoms with Crippen molar-refractivity contribution in [3.63, 3.8) is 0 Å². The second kappa shape index (κ2) is 9.65. The summed E-state index contributed by atoms with van der Waals surface area (Å²) in [5.41, 5.74) is -0.279. The van der Waals surface area contributed by atoms with E-state index in [2.05, 4.69) is 20.8 Å². The maximum absolute atomic E-state index is 12.2. The molecule has 8 nitrogen and oxygen atoms in total. The molecule has 0 bridgehead atoms. The van der Waals surface area contributed by atoms with E-state index in [0.717, 1.165) is 38.5 Å². The van der Waals surface area contributed by atoms with Crippen molar-refractivity contribution in [1.29, 1.82) is 0 Å². The van der Waals surface area contributed by atoms with Crippen molar-refractivity contribution < 1.29 is 9.59 Å². The average Bonchev–Trinajstić information content (AvgIpc) is 2.93. The molecule has 1 heterocycles.